The summed E-state index contributed by atoms with van der Waals surface area (Å²) < 4.78 is 21.6. The third kappa shape index (κ3) is 4.76. The second-order valence-corrected chi connectivity index (χ2v) is 8.71. The number of hydrogen-bond donors (Lipinski definition) is 0. The minimum absolute atomic E-state index is 0.247. The van der Waals surface area contributed by atoms with Gasteiger partial charge >= 0.3 is 12.2 Å². The fraction of sp³-hybridized carbons (Fsp3) is 0.357. The van der Waals surface area contributed by atoms with Gasteiger partial charge in [-0.25, -0.2) is 9.59 Å². The van der Waals surface area contributed by atoms with Crippen LogP contribution < -0.4 is 14.4 Å². The largest absolute Gasteiger partial charge is 0.493 e. The average Bonchev–Trinajstić information content (AvgIpc) is 2.90. The number of carbonyl (C=O) groups excluding carboxylic acids is 2. The molecule has 1 heterocycles. The molecule has 4 rings (SSSR count). The number of anilines is 1. The van der Waals surface area contributed by atoms with Crippen molar-refractivity contribution < 1.29 is 28.5 Å². The lowest BCUT2D eigenvalue weighted by atomic mass is 9.90. The van der Waals surface area contributed by atoms with E-state index in [9.17, 15) is 9.59 Å². The van der Waals surface area contributed by atoms with Crippen LogP contribution in [-0.2, 0) is 16.0 Å². The van der Waals surface area contributed by atoms with E-state index in [0.717, 1.165) is 21.9 Å². The first-order valence-corrected chi connectivity index (χ1v) is 12.0. The normalized spacial score (nSPS) is 16.8. The maximum Gasteiger partial charge on any atom is 0.414 e. The van der Waals surface area contributed by atoms with Gasteiger partial charge in [0.25, 0.3) is 0 Å². The second kappa shape index (κ2) is 10.8. The van der Waals surface area contributed by atoms with E-state index in [0.29, 0.717) is 30.2 Å². The molecule has 190 valence electrons. The highest BCUT2D eigenvalue weighted by Gasteiger charge is 2.40. The number of fused-ring (bicyclic) bond motifs is 2. The summed E-state index contributed by atoms with van der Waals surface area (Å²) in [5.74, 6) is 0.993. The van der Waals surface area contributed by atoms with Crippen LogP contribution in [0.5, 0.6) is 11.5 Å². The highest BCUT2D eigenvalue weighted by molar-refractivity contribution is 5.91. The van der Waals surface area contributed by atoms with Crippen LogP contribution in [0.15, 0.2) is 54.6 Å². The predicted molar refractivity (Wildman–Crippen MR) is 138 cm³/mol. The van der Waals surface area contributed by atoms with Gasteiger partial charge in [0.05, 0.1) is 39.7 Å². The zero-order valence-corrected chi connectivity index (χ0v) is 21.3. The van der Waals surface area contributed by atoms with Gasteiger partial charge in [-0.2, -0.15) is 0 Å². The molecule has 0 saturated heterocycles. The molecule has 0 unspecified atom stereocenters. The number of carbonyl (C=O) groups is 2. The smallest absolute Gasteiger partial charge is 0.414 e. The zero-order chi connectivity index (χ0) is 25.8. The number of methoxy groups -OCH3 is 3. The summed E-state index contributed by atoms with van der Waals surface area (Å²) in [6.45, 7) is 4.30. The Morgan fingerprint density at radius 2 is 1.67 bits per heavy atom. The maximum atomic E-state index is 13.1. The number of nitrogens with zero attached hydrogens (tertiary/aromatic N) is 2. The van der Waals surface area contributed by atoms with Crippen molar-refractivity contribution in [2.75, 3.05) is 32.8 Å². The van der Waals surface area contributed by atoms with Crippen LogP contribution in [0.2, 0.25) is 0 Å². The molecule has 0 N–H and O–H groups in total. The summed E-state index contributed by atoms with van der Waals surface area (Å²) in [5.41, 5.74) is 2.34. The van der Waals surface area contributed by atoms with E-state index in [-0.39, 0.29) is 18.7 Å². The second-order valence-electron chi connectivity index (χ2n) is 8.71. The molecule has 3 aromatic rings. The molecule has 36 heavy (non-hydrogen) atoms. The highest BCUT2D eigenvalue weighted by Crippen LogP contribution is 2.46. The van der Waals surface area contributed by atoms with Crippen LogP contribution in [0.3, 0.4) is 0 Å². The number of rotatable bonds is 6. The first-order valence-electron chi connectivity index (χ1n) is 12.0. The Bertz CT molecular complexity index is 1260. The number of benzene rings is 3. The maximum absolute atomic E-state index is 13.1. The van der Waals surface area contributed by atoms with Gasteiger partial charge in [0.2, 0.25) is 0 Å². The Balaban J connectivity index is 1.81. The van der Waals surface area contributed by atoms with E-state index in [1.165, 1.54) is 7.11 Å². The van der Waals surface area contributed by atoms with Gasteiger partial charge in [0, 0.05) is 24.2 Å². The molecule has 2 atom stereocenters. The third-order valence-corrected chi connectivity index (χ3v) is 6.57. The molecule has 1 aliphatic heterocycles. The van der Waals surface area contributed by atoms with Gasteiger partial charge in [-0.1, -0.05) is 36.4 Å². The lowest BCUT2D eigenvalue weighted by Gasteiger charge is -2.42. The first kappa shape index (κ1) is 25.2. The summed E-state index contributed by atoms with van der Waals surface area (Å²) in [7, 11) is 4.48. The number of ether oxygens (including phenoxy) is 4. The minimum Gasteiger partial charge on any atom is -0.493 e. The van der Waals surface area contributed by atoms with E-state index in [4.69, 9.17) is 18.9 Å². The standard InChI is InChI=1S/C28H32N2O6/c1-6-36-28(32)30-18(2)13-23(22-15-25(33-3)26(34-4)16-24(22)30)29(27(31)35-5)17-19-11-12-20-9-7-8-10-21(20)14-19/h7-12,14-16,18,23H,6,13,17H2,1-5H3/t18-,23+/m0/s1. The molecule has 0 spiro atoms. The molecule has 2 amide bonds. The van der Waals surface area contributed by atoms with Crippen LogP contribution in [0, 0.1) is 0 Å². The summed E-state index contributed by atoms with van der Waals surface area (Å²) in [5, 5.41) is 2.22. The van der Waals surface area contributed by atoms with Crippen molar-refractivity contribution in [3.05, 3.63) is 65.7 Å². The third-order valence-electron chi connectivity index (χ3n) is 6.57. The highest BCUT2D eigenvalue weighted by atomic mass is 16.6. The molecule has 0 aromatic heterocycles. The lowest BCUT2D eigenvalue weighted by molar-refractivity contribution is 0.0941. The predicted octanol–water partition coefficient (Wildman–Crippen LogP) is 5.92. The molecule has 3 aromatic carbocycles. The summed E-state index contributed by atoms with van der Waals surface area (Å²) >= 11 is 0. The lowest BCUT2D eigenvalue weighted by Crippen LogP contribution is -2.47. The zero-order valence-electron chi connectivity index (χ0n) is 21.3. The summed E-state index contributed by atoms with van der Waals surface area (Å²) in [6.07, 6.45) is -0.411. The monoisotopic (exact) mass is 492 g/mol. The Hall–Kier alpha value is -3.94. The Kier molecular flexibility index (Phi) is 7.52. The number of amides is 2. The van der Waals surface area contributed by atoms with Crippen molar-refractivity contribution >= 4 is 28.6 Å². The van der Waals surface area contributed by atoms with E-state index >= 15 is 0 Å². The summed E-state index contributed by atoms with van der Waals surface area (Å²) in [4.78, 5) is 29.4. The van der Waals surface area contributed by atoms with Gasteiger partial charge in [-0.05, 0) is 48.7 Å². The first-order chi connectivity index (χ1) is 17.4. The molecule has 8 nitrogen and oxygen atoms in total. The topological polar surface area (TPSA) is 77.5 Å². The van der Waals surface area contributed by atoms with Gasteiger partial charge in [0.15, 0.2) is 11.5 Å². The van der Waals surface area contributed by atoms with Crippen LogP contribution in [0.1, 0.15) is 37.4 Å². The van der Waals surface area contributed by atoms with Crippen LogP contribution >= 0.6 is 0 Å². The van der Waals surface area contributed by atoms with E-state index in [2.05, 4.69) is 12.1 Å². The molecule has 0 fully saturated rings. The van der Waals surface area contributed by atoms with Crippen molar-refractivity contribution in [3.8, 4) is 11.5 Å². The molecular weight excluding hydrogens is 460 g/mol. The SMILES string of the molecule is CCOC(=O)N1c2cc(OC)c(OC)cc2[C@H](N(Cc2ccc3ccccc3c2)C(=O)OC)C[C@@H]1C. The molecule has 0 aliphatic carbocycles. The Morgan fingerprint density at radius 1 is 0.972 bits per heavy atom. The van der Waals surface area contributed by atoms with E-state index < -0.39 is 12.2 Å². The fourth-order valence-electron chi connectivity index (χ4n) is 4.87. The minimum atomic E-state index is -0.453. The van der Waals surface area contributed by atoms with Crippen molar-refractivity contribution in [1.29, 1.82) is 0 Å². The molecule has 1 aliphatic rings. The molecule has 0 radical (unpaired) electrons. The van der Waals surface area contributed by atoms with Gasteiger partial charge in [-0.3, -0.25) is 9.80 Å². The van der Waals surface area contributed by atoms with E-state index in [1.807, 2.05) is 43.3 Å². The molecule has 8 heteroatoms. The van der Waals surface area contributed by atoms with Crippen LogP contribution in [-0.4, -0.2) is 51.1 Å². The fourth-order valence-corrected chi connectivity index (χ4v) is 4.87. The number of hydrogen-bond acceptors (Lipinski definition) is 6. The van der Waals surface area contributed by atoms with Crippen LogP contribution in [0.4, 0.5) is 15.3 Å². The average molecular weight is 493 g/mol. The van der Waals surface area contributed by atoms with E-state index in [1.54, 1.807) is 37.0 Å². The molecule has 0 saturated carbocycles. The van der Waals surface area contributed by atoms with Crippen molar-refractivity contribution in [2.24, 2.45) is 0 Å². The molecule has 0 bridgehead atoms. The van der Waals surface area contributed by atoms with Crippen LogP contribution in [0.25, 0.3) is 10.8 Å². The summed E-state index contributed by atoms with van der Waals surface area (Å²) in [6, 6.07) is 17.2. The quantitative estimate of drug-likeness (QED) is 0.425. The molecular formula is C28H32N2O6. The van der Waals surface area contributed by atoms with Crippen molar-refractivity contribution in [1.82, 2.24) is 4.90 Å². The van der Waals surface area contributed by atoms with Crippen molar-refractivity contribution in [2.45, 2.75) is 38.9 Å². The van der Waals surface area contributed by atoms with Gasteiger partial charge in [-0.15, -0.1) is 0 Å². The van der Waals surface area contributed by atoms with Gasteiger partial charge in [0.1, 0.15) is 0 Å². The van der Waals surface area contributed by atoms with Crippen molar-refractivity contribution in [3.63, 3.8) is 0 Å². The Morgan fingerprint density at radius 3 is 2.33 bits per heavy atom. The Labute approximate surface area is 211 Å². The van der Waals surface area contributed by atoms with Gasteiger partial charge < -0.3 is 18.9 Å².